The molecule has 1 aromatic rings. The Bertz CT molecular complexity index is 939. The van der Waals surface area contributed by atoms with Gasteiger partial charge in [-0.3, -0.25) is 0 Å². The van der Waals surface area contributed by atoms with Crippen LogP contribution >= 0.6 is 0 Å². The van der Waals surface area contributed by atoms with Gasteiger partial charge in [-0.1, -0.05) is 54.7 Å². The molecule has 6 N–H and O–H groups in total. The summed E-state index contributed by atoms with van der Waals surface area (Å²) in [5, 5.41) is 6.60. The van der Waals surface area contributed by atoms with Crippen LogP contribution in [0.3, 0.4) is 0 Å². The minimum Gasteiger partial charge on any atom is -0.398 e. The van der Waals surface area contributed by atoms with E-state index in [2.05, 4.69) is 48.4 Å². The van der Waals surface area contributed by atoms with Crippen LogP contribution in [0.15, 0.2) is 102 Å². The van der Waals surface area contributed by atoms with Crippen molar-refractivity contribution >= 4 is 11.4 Å². The van der Waals surface area contributed by atoms with Gasteiger partial charge in [0.2, 0.25) is 0 Å². The van der Waals surface area contributed by atoms with Crippen LogP contribution in [0, 0.1) is 0 Å². The molecule has 0 heterocycles. The third kappa shape index (κ3) is 5.30. The van der Waals surface area contributed by atoms with Crippen LogP contribution in [0.5, 0.6) is 0 Å². The van der Waals surface area contributed by atoms with E-state index in [1.54, 1.807) is 6.08 Å². The Hall–Kier alpha value is -3.40. The fraction of sp³-hybridized carbons (Fsp3) is 0.167. The second-order valence-electron chi connectivity index (χ2n) is 7.09. The largest absolute Gasteiger partial charge is 0.398 e. The van der Waals surface area contributed by atoms with E-state index in [9.17, 15) is 0 Å². The SMILES string of the molecule is C=C(NCC1=CC=C(C)C1)c1cccc(N/C(N)=C/C=C(\N)C2=CCC=C2)c1. The molecule has 3 rings (SSSR count). The van der Waals surface area contributed by atoms with Crippen LogP contribution in [0.25, 0.3) is 5.70 Å². The van der Waals surface area contributed by atoms with Crippen molar-refractivity contribution in [3.8, 4) is 0 Å². The molecule has 4 heteroatoms. The summed E-state index contributed by atoms with van der Waals surface area (Å²) in [6.45, 7) is 7.12. The Balaban J connectivity index is 1.58. The molecular formula is C24H28N4. The fourth-order valence-electron chi connectivity index (χ4n) is 3.12. The monoisotopic (exact) mass is 372 g/mol. The van der Waals surface area contributed by atoms with Crippen LogP contribution in [0.2, 0.25) is 0 Å². The molecule has 0 amide bonds. The van der Waals surface area contributed by atoms with Crippen molar-refractivity contribution in [3.05, 3.63) is 107 Å². The van der Waals surface area contributed by atoms with E-state index in [0.29, 0.717) is 11.5 Å². The number of nitrogens with one attached hydrogen (secondary N) is 2. The van der Waals surface area contributed by atoms with Gasteiger partial charge in [0.05, 0.1) is 0 Å². The van der Waals surface area contributed by atoms with Gasteiger partial charge in [0.25, 0.3) is 0 Å². The van der Waals surface area contributed by atoms with Gasteiger partial charge in [0, 0.05) is 23.6 Å². The third-order valence-electron chi connectivity index (χ3n) is 4.69. The predicted octanol–water partition coefficient (Wildman–Crippen LogP) is 4.46. The summed E-state index contributed by atoms with van der Waals surface area (Å²) >= 11 is 0. The highest BCUT2D eigenvalue weighted by atomic mass is 15.0. The molecule has 0 unspecified atom stereocenters. The van der Waals surface area contributed by atoms with Gasteiger partial charge in [-0.15, -0.1) is 0 Å². The molecule has 2 aliphatic rings. The molecule has 2 aliphatic carbocycles. The standard InChI is InChI=1S/C24H28N4/c1-17-10-11-19(14-17)16-27-18(2)21-8-5-9-22(15-21)28-24(26)13-12-23(25)20-6-3-4-7-20/h3,5-13,15,27-28H,2,4,14,16,25-26H2,1H3/b23-12-,24-13+. The zero-order valence-electron chi connectivity index (χ0n) is 16.3. The molecule has 0 aliphatic heterocycles. The van der Waals surface area contributed by atoms with Crippen LogP contribution in [0.4, 0.5) is 5.69 Å². The van der Waals surface area contributed by atoms with Gasteiger partial charge in [-0.2, -0.15) is 0 Å². The minimum atomic E-state index is 0.527. The summed E-state index contributed by atoms with van der Waals surface area (Å²) in [7, 11) is 0. The highest BCUT2D eigenvalue weighted by Gasteiger charge is 2.06. The van der Waals surface area contributed by atoms with E-state index >= 15 is 0 Å². The maximum atomic E-state index is 6.09. The quantitative estimate of drug-likeness (QED) is 0.508. The number of nitrogens with two attached hydrogens (primary N) is 2. The van der Waals surface area contributed by atoms with Gasteiger partial charge in [0.1, 0.15) is 5.82 Å². The number of allylic oxidation sites excluding steroid dienone is 8. The normalized spacial score (nSPS) is 16.5. The molecule has 0 bridgehead atoms. The molecule has 1 aromatic carbocycles. The van der Waals surface area contributed by atoms with Crippen molar-refractivity contribution < 1.29 is 0 Å². The summed E-state index contributed by atoms with van der Waals surface area (Å²) in [5.41, 5.74) is 19.5. The van der Waals surface area contributed by atoms with Crippen LogP contribution < -0.4 is 22.1 Å². The number of anilines is 1. The summed E-state index contributed by atoms with van der Waals surface area (Å²) < 4.78 is 0. The first kappa shape index (κ1) is 19.4. The van der Waals surface area contributed by atoms with Crippen molar-refractivity contribution in [2.24, 2.45) is 11.5 Å². The zero-order chi connectivity index (χ0) is 19.9. The lowest BCUT2D eigenvalue weighted by atomic mass is 10.1. The summed E-state index contributed by atoms with van der Waals surface area (Å²) in [4.78, 5) is 0. The topological polar surface area (TPSA) is 76.1 Å². The zero-order valence-corrected chi connectivity index (χ0v) is 16.3. The molecule has 0 atom stereocenters. The van der Waals surface area contributed by atoms with E-state index in [1.165, 1.54) is 11.1 Å². The second kappa shape index (κ2) is 9.00. The first-order valence-corrected chi connectivity index (χ1v) is 9.47. The molecular weight excluding hydrogens is 344 g/mol. The Labute approximate surface area is 167 Å². The van der Waals surface area contributed by atoms with Gasteiger partial charge >= 0.3 is 0 Å². The molecule has 0 radical (unpaired) electrons. The summed E-state index contributed by atoms with van der Waals surface area (Å²) in [6, 6.07) is 8.01. The van der Waals surface area contributed by atoms with Crippen molar-refractivity contribution in [3.63, 3.8) is 0 Å². The molecule has 4 nitrogen and oxygen atoms in total. The number of hydrogen-bond acceptors (Lipinski definition) is 4. The smallest absolute Gasteiger partial charge is 0.101 e. The van der Waals surface area contributed by atoms with Crippen molar-refractivity contribution in [2.75, 3.05) is 11.9 Å². The van der Waals surface area contributed by atoms with Gasteiger partial charge in [0.15, 0.2) is 0 Å². The highest BCUT2D eigenvalue weighted by molar-refractivity contribution is 5.66. The van der Waals surface area contributed by atoms with E-state index in [1.807, 2.05) is 36.4 Å². The molecule has 144 valence electrons. The molecule has 0 spiro atoms. The summed E-state index contributed by atoms with van der Waals surface area (Å²) in [5.74, 6) is 0.527. The van der Waals surface area contributed by atoms with Crippen molar-refractivity contribution in [1.29, 1.82) is 0 Å². The molecule has 0 aromatic heterocycles. The van der Waals surface area contributed by atoms with Gasteiger partial charge in [-0.25, -0.2) is 0 Å². The lowest BCUT2D eigenvalue weighted by molar-refractivity contribution is 0.925. The van der Waals surface area contributed by atoms with Crippen LogP contribution in [-0.4, -0.2) is 6.54 Å². The Morgan fingerprint density at radius 3 is 2.79 bits per heavy atom. The maximum absolute atomic E-state index is 6.09. The molecule has 28 heavy (non-hydrogen) atoms. The molecule has 0 fully saturated rings. The van der Waals surface area contributed by atoms with E-state index in [-0.39, 0.29) is 0 Å². The first-order chi connectivity index (χ1) is 13.5. The number of benzene rings is 1. The van der Waals surface area contributed by atoms with Crippen LogP contribution in [0.1, 0.15) is 25.3 Å². The average Bonchev–Trinajstić information content (AvgIpc) is 3.36. The highest BCUT2D eigenvalue weighted by Crippen LogP contribution is 2.20. The fourth-order valence-corrected chi connectivity index (χ4v) is 3.12. The van der Waals surface area contributed by atoms with Gasteiger partial charge < -0.3 is 22.1 Å². The predicted molar refractivity (Wildman–Crippen MR) is 120 cm³/mol. The van der Waals surface area contributed by atoms with Crippen LogP contribution in [-0.2, 0) is 0 Å². The third-order valence-corrected chi connectivity index (χ3v) is 4.69. The van der Waals surface area contributed by atoms with E-state index in [4.69, 9.17) is 11.5 Å². The Kier molecular flexibility index (Phi) is 6.22. The lowest BCUT2D eigenvalue weighted by Gasteiger charge is -2.13. The van der Waals surface area contributed by atoms with E-state index in [0.717, 1.165) is 41.9 Å². The van der Waals surface area contributed by atoms with E-state index < -0.39 is 0 Å². The maximum Gasteiger partial charge on any atom is 0.101 e. The molecule has 0 saturated carbocycles. The average molecular weight is 373 g/mol. The second-order valence-corrected chi connectivity index (χ2v) is 7.09. The van der Waals surface area contributed by atoms with Crippen molar-refractivity contribution in [2.45, 2.75) is 19.8 Å². The Morgan fingerprint density at radius 1 is 1.21 bits per heavy atom. The first-order valence-electron chi connectivity index (χ1n) is 9.47. The lowest BCUT2D eigenvalue weighted by Crippen LogP contribution is -2.15. The Morgan fingerprint density at radius 2 is 2.07 bits per heavy atom. The van der Waals surface area contributed by atoms with Gasteiger partial charge in [-0.05, 0) is 60.8 Å². The summed E-state index contributed by atoms with van der Waals surface area (Å²) in [6.07, 6.45) is 16.1. The number of rotatable bonds is 8. The molecule has 0 saturated heterocycles. The van der Waals surface area contributed by atoms with Crippen molar-refractivity contribution in [1.82, 2.24) is 5.32 Å². The number of hydrogen-bond donors (Lipinski definition) is 4. The minimum absolute atomic E-state index is 0.527.